The molecule has 0 saturated heterocycles. The lowest BCUT2D eigenvalue weighted by Gasteiger charge is -2.14. The third-order valence-corrected chi connectivity index (χ3v) is 3.73. The van der Waals surface area contributed by atoms with E-state index in [9.17, 15) is 4.79 Å². The van der Waals surface area contributed by atoms with Crippen LogP contribution in [0.1, 0.15) is 23.1 Å². The molecule has 1 unspecified atom stereocenters. The summed E-state index contributed by atoms with van der Waals surface area (Å²) < 4.78 is 6.98. The molecule has 1 aromatic heterocycles. The smallest absolute Gasteiger partial charge is 0.172 e. The first kappa shape index (κ1) is 14.8. The fraction of sp³-hybridized carbons (Fsp3) is 0.333. The Morgan fingerprint density at radius 3 is 2.55 bits per heavy atom. The predicted octanol–water partition coefficient (Wildman–Crippen LogP) is 2.88. The van der Waals surface area contributed by atoms with E-state index in [-0.39, 0.29) is 12.2 Å². The Labute approximate surface area is 123 Å². The lowest BCUT2D eigenvalue weighted by atomic mass is 10.0. The van der Waals surface area contributed by atoms with Crippen molar-refractivity contribution >= 4 is 17.4 Å². The zero-order valence-electron chi connectivity index (χ0n) is 11.8. The Balaban J connectivity index is 2.22. The maximum atomic E-state index is 12.4. The molecule has 0 aliphatic carbocycles. The van der Waals surface area contributed by atoms with Gasteiger partial charge in [-0.1, -0.05) is 41.9 Å². The van der Waals surface area contributed by atoms with Crippen LogP contribution in [0.3, 0.4) is 0 Å². The molecule has 1 heterocycles. The number of hydrogen-bond donors (Lipinski definition) is 0. The molecule has 0 N–H and O–H groups in total. The minimum Gasteiger partial charge on any atom is -0.369 e. The Kier molecular flexibility index (Phi) is 4.57. The largest absolute Gasteiger partial charge is 0.369 e. The molecule has 1 atom stereocenters. The average Bonchev–Trinajstić information content (AvgIpc) is 2.67. The highest BCUT2D eigenvalue weighted by Crippen LogP contribution is 2.24. The van der Waals surface area contributed by atoms with Gasteiger partial charge in [0.1, 0.15) is 6.10 Å². The zero-order chi connectivity index (χ0) is 14.7. The number of methoxy groups -OCH3 is 1. The molecule has 1 aromatic carbocycles. The monoisotopic (exact) mass is 292 g/mol. The van der Waals surface area contributed by atoms with Crippen molar-refractivity contribution in [2.75, 3.05) is 7.11 Å². The van der Waals surface area contributed by atoms with E-state index in [0.29, 0.717) is 10.7 Å². The fourth-order valence-corrected chi connectivity index (χ4v) is 2.44. The summed E-state index contributed by atoms with van der Waals surface area (Å²) in [5.74, 6) is -0.0383. The van der Waals surface area contributed by atoms with Crippen molar-refractivity contribution in [3.8, 4) is 0 Å². The van der Waals surface area contributed by atoms with Gasteiger partial charge in [-0.05, 0) is 12.5 Å². The zero-order valence-corrected chi connectivity index (χ0v) is 12.5. The van der Waals surface area contributed by atoms with Gasteiger partial charge >= 0.3 is 0 Å². The molecular weight excluding hydrogens is 276 g/mol. The number of carbonyl (C=O) groups is 1. The van der Waals surface area contributed by atoms with E-state index in [1.165, 1.54) is 7.11 Å². The SMILES string of the molecule is COC(C(=O)Cc1c(Cl)c(C)nn1C)c1ccccc1. The predicted molar refractivity (Wildman–Crippen MR) is 77.9 cm³/mol. The minimum atomic E-state index is -0.581. The third-order valence-electron chi connectivity index (χ3n) is 3.23. The van der Waals surface area contributed by atoms with E-state index in [0.717, 1.165) is 11.3 Å². The molecule has 2 aromatic rings. The summed E-state index contributed by atoms with van der Waals surface area (Å²) >= 11 is 6.18. The molecule has 0 amide bonds. The molecule has 5 heteroatoms. The summed E-state index contributed by atoms with van der Waals surface area (Å²) in [6, 6.07) is 9.43. The first-order chi connectivity index (χ1) is 9.54. The molecule has 0 aliphatic heterocycles. The van der Waals surface area contributed by atoms with Crippen molar-refractivity contribution in [3.05, 3.63) is 52.3 Å². The summed E-state index contributed by atoms with van der Waals surface area (Å²) in [6.07, 6.45) is -0.383. The summed E-state index contributed by atoms with van der Waals surface area (Å²) in [7, 11) is 3.32. The lowest BCUT2D eigenvalue weighted by Crippen LogP contribution is -2.18. The van der Waals surface area contributed by atoms with Gasteiger partial charge in [0.05, 0.1) is 22.8 Å². The maximum Gasteiger partial charge on any atom is 0.172 e. The van der Waals surface area contributed by atoms with Crippen molar-refractivity contribution in [2.45, 2.75) is 19.4 Å². The van der Waals surface area contributed by atoms with Crippen LogP contribution in [0.4, 0.5) is 0 Å². The highest BCUT2D eigenvalue weighted by molar-refractivity contribution is 6.32. The van der Waals surface area contributed by atoms with E-state index < -0.39 is 6.10 Å². The third kappa shape index (κ3) is 2.92. The Bertz CT molecular complexity index is 608. The first-order valence-corrected chi connectivity index (χ1v) is 6.70. The standard InChI is InChI=1S/C15H17ClN2O2/c1-10-14(16)12(18(2)17-10)9-13(19)15(20-3)11-7-5-4-6-8-11/h4-8,15H,9H2,1-3H3. The molecule has 106 valence electrons. The number of ether oxygens (including phenoxy) is 1. The van der Waals surface area contributed by atoms with Crippen LogP contribution < -0.4 is 0 Å². The molecule has 2 rings (SSSR count). The normalized spacial score (nSPS) is 12.4. The number of ketones is 1. The van der Waals surface area contributed by atoms with Crippen LogP contribution in [-0.2, 0) is 23.0 Å². The summed E-state index contributed by atoms with van der Waals surface area (Å²) in [5, 5.41) is 4.76. The second-order valence-electron chi connectivity index (χ2n) is 4.64. The molecule has 0 saturated carbocycles. The van der Waals surface area contributed by atoms with Crippen LogP contribution in [0.5, 0.6) is 0 Å². The van der Waals surface area contributed by atoms with Crippen molar-refractivity contribution in [1.82, 2.24) is 9.78 Å². The molecule has 0 spiro atoms. The van der Waals surface area contributed by atoms with E-state index in [4.69, 9.17) is 16.3 Å². The lowest BCUT2D eigenvalue weighted by molar-refractivity contribution is -0.128. The van der Waals surface area contributed by atoms with Gasteiger partial charge in [0.25, 0.3) is 0 Å². The van der Waals surface area contributed by atoms with Gasteiger partial charge in [-0.15, -0.1) is 0 Å². The van der Waals surface area contributed by atoms with Gasteiger partial charge in [0, 0.05) is 14.2 Å². The molecule has 0 aliphatic rings. The number of carbonyl (C=O) groups excluding carboxylic acids is 1. The quantitative estimate of drug-likeness (QED) is 0.851. The number of aryl methyl sites for hydroxylation is 2. The van der Waals surface area contributed by atoms with E-state index in [1.54, 1.807) is 11.7 Å². The van der Waals surface area contributed by atoms with Gasteiger partial charge in [-0.3, -0.25) is 9.48 Å². The summed E-state index contributed by atoms with van der Waals surface area (Å²) in [4.78, 5) is 12.4. The highest BCUT2D eigenvalue weighted by Gasteiger charge is 2.23. The summed E-state index contributed by atoms with van der Waals surface area (Å²) in [6.45, 7) is 1.82. The fourth-order valence-electron chi connectivity index (χ4n) is 2.21. The number of halogens is 1. The van der Waals surface area contributed by atoms with Crippen LogP contribution in [-0.4, -0.2) is 22.7 Å². The maximum absolute atomic E-state index is 12.4. The van der Waals surface area contributed by atoms with Crippen molar-refractivity contribution in [2.24, 2.45) is 7.05 Å². The average molecular weight is 293 g/mol. The van der Waals surface area contributed by atoms with Crippen LogP contribution in [0.2, 0.25) is 5.02 Å². The topological polar surface area (TPSA) is 44.1 Å². The number of hydrogen-bond acceptors (Lipinski definition) is 3. The Hall–Kier alpha value is -1.65. The van der Waals surface area contributed by atoms with Crippen LogP contribution in [0.25, 0.3) is 0 Å². The highest BCUT2D eigenvalue weighted by atomic mass is 35.5. The second-order valence-corrected chi connectivity index (χ2v) is 5.02. The number of benzene rings is 1. The van der Waals surface area contributed by atoms with Crippen molar-refractivity contribution in [3.63, 3.8) is 0 Å². The van der Waals surface area contributed by atoms with Crippen LogP contribution in [0.15, 0.2) is 30.3 Å². The summed E-state index contributed by atoms with van der Waals surface area (Å²) in [5.41, 5.74) is 2.29. The minimum absolute atomic E-state index is 0.0383. The van der Waals surface area contributed by atoms with Crippen molar-refractivity contribution < 1.29 is 9.53 Å². The molecular formula is C15H17ClN2O2. The van der Waals surface area contributed by atoms with Gasteiger partial charge in [0.2, 0.25) is 0 Å². The first-order valence-electron chi connectivity index (χ1n) is 6.33. The van der Waals surface area contributed by atoms with Crippen LogP contribution in [0, 0.1) is 6.92 Å². The molecule has 20 heavy (non-hydrogen) atoms. The van der Waals surface area contributed by atoms with Gasteiger partial charge < -0.3 is 4.74 Å². The molecule has 0 bridgehead atoms. The Morgan fingerprint density at radius 1 is 1.40 bits per heavy atom. The molecule has 0 radical (unpaired) electrons. The number of Topliss-reactive ketones (excluding diaryl/α,β-unsaturated/α-hetero) is 1. The van der Waals surface area contributed by atoms with Gasteiger partial charge in [-0.2, -0.15) is 5.10 Å². The molecule has 0 fully saturated rings. The Morgan fingerprint density at radius 2 is 2.05 bits per heavy atom. The molecule has 4 nitrogen and oxygen atoms in total. The van der Waals surface area contributed by atoms with E-state index >= 15 is 0 Å². The van der Waals surface area contributed by atoms with E-state index in [2.05, 4.69) is 5.10 Å². The van der Waals surface area contributed by atoms with Gasteiger partial charge in [-0.25, -0.2) is 0 Å². The van der Waals surface area contributed by atoms with E-state index in [1.807, 2.05) is 37.3 Å². The number of nitrogens with zero attached hydrogens (tertiary/aromatic N) is 2. The second kappa shape index (κ2) is 6.20. The van der Waals surface area contributed by atoms with Crippen LogP contribution >= 0.6 is 11.6 Å². The number of aromatic nitrogens is 2. The van der Waals surface area contributed by atoms with Crippen molar-refractivity contribution in [1.29, 1.82) is 0 Å². The van der Waals surface area contributed by atoms with Gasteiger partial charge in [0.15, 0.2) is 5.78 Å². The number of rotatable bonds is 5.